The Morgan fingerprint density at radius 3 is 2.67 bits per heavy atom. The number of hydrogen-bond donors (Lipinski definition) is 2. The number of carbonyl (C=O) groups is 1. The molecule has 11 nitrogen and oxygen atoms in total. The van der Waals surface area contributed by atoms with Gasteiger partial charge in [0.1, 0.15) is 17.0 Å². The largest absolute Gasteiger partial charge is 0.467 e. The predicted molar refractivity (Wildman–Crippen MR) is 163 cm³/mol. The average Bonchev–Trinajstić information content (AvgIpc) is 3.54. The molecule has 1 amide bonds. The number of methoxy groups -OCH3 is 1. The van der Waals surface area contributed by atoms with Gasteiger partial charge in [0.15, 0.2) is 5.82 Å². The molecule has 2 N–H and O–H groups in total. The number of fused-ring (bicyclic) bond motifs is 3. The van der Waals surface area contributed by atoms with E-state index in [1.165, 1.54) is 7.11 Å². The van der Waals surface area contributed by atoms with Gasteiger partial charge in [-0.05, 0) is 57.7 Å². The van der Waals surface area contributed by atoms with Gasteiger partial charge in [-0.15, -0.1) is 0 Å². The van der Waals surface area contributed by atoms with Crippen LogP contribution < -0.4 is 15.0 Å². The van der Waals surface area contributed by atoms with Gasteiger partial charge in [-0.25, -0.2) is 18.0 Å². The van der Waals surface area contributed by atoms with Crippen LogP contribution >= 0.6 is 0 Å². The molecule has 6 heterocycles. The van der Waals surface area contributed by atoms with Crippen molar-refractivity contribution in [3.8, 4) is 17.3 Å². The van der Waals surface area contributed by atoms with Crippen molar-refractivity contribution >= 4 is 33.7 Å². The quantitative estimate of drug-likeness (QED) is 0.307. The number of anilines is 1. The van der Waals surface area contributed by atoms with Gasteiger partial charge < -0.3 is 19.7 Å². The van der Waals surface area contributed by atoms with Crippen LogP contribution in [0.3, 0.4) is 0 Å². The van der Waals surface area contributed by atoms with Crippen molar-refractivity contribution in [2.45, 2.75) is 64.0 Å². The second-order valence-electron chi connectivity index (χ2n) is 12.3. The van der Waals surface area contributed by atoms with Crippen LogP contribution in [0.4, 0.5) is 23.8 Å². The number of H-pyrrole nitrogens is 1. The van der Waals surface area contributed by atoms with Crippen molar-refractivity contribution in [3.63, 3.8) is 0 Å². The fourth-order valence-electron chi connectivity index (χ4n) is 6.51. The number of pyridine rings is 1. The minimum absolute atomic E-state index is 0.0116. The highest BCUT2D eigenvalue weighted by atomic mass is 19.3. The van der Waals surface area contributed by atoms with Crippen molar-refractivity contribution < 1.29 is 27.4 Å². The number of halogens is 3. The summed E-state index contributed by atoms with van der Waals surface area (Å²) in [4.78, 5) is 29.4. The van der Waals surface area contributed by atoms with E-state index in [0.29, 0.717) is 36.5 Å². The molecule has 2 atom stereocenters. The second kappa shape index (κ2) is 12.0. The van der Waals surface area contributed by atoms with Crippen LogP contribution in [0.5, 0.6) is 6.01 Å². The Kier molecular flexibility index (Phi) is 8.18. The molecule has 1 aromatic carbocycles. The Bertz CT molecular complexity index is 1720. The lowest BCUT2D eigenvalue weighted by molar-refractivity contribution is 0.0132. The molecule has 3 aliphatic rings. The second-order valence-corrected chi connectivity index (χ2v) is 12.3. The van der Waals surface area contributed by atoms with Gasteiger partial charge in [0.05, 0.1) is 42.9 Å². The summed E-state index contributed by atoms with van der Waals surface area (Å²) in [7, 11) is 1.45. The first-order valence-electron chi connectivity index (χ1n) is 15.2. The molecule has 4 aromatic rings. The van der Waals surface area contributed by atoms with Crippen molar-refractivity contribution in [2.24, 2.45) is 0 Å². The van der Waals surface area contributed by atoms with E-state index < -0.39 is 23.4 Å². The molecule has 7 rings (SSSR count). The van der Waals surface area contributed by atoms with Crippen LogP contribution in [0.25, 0.3) is 33.1 Å². The number of aromatic amines is 1. The molecule has 0 saturated carbocycles. The van der Waals surface area contributed by atoms with E-state index in [1.54, 1.807) is 19.3 Å². The van der Waals surface area contributed by atoms with Crippen LogP contribution in [0.15, 0.2) is 24.5 Å². The highest BCUT2D eigenvalue weighted by Crippen LogP contribution is 2.39. The lowest BCUT2D eigenvalue weighted by atomic mass is 9.91. The number of hydrogen-bond acceptors (Lipinski definition) is 9. The summed E-state index contributed by atoms with van der Waals surface area (Å²) in [6, 6.07) is 4.11. The maximum absolute atomic E-state index is 16.1. The van der Waals surface area contributed by atoms with Gasteiger partial charge >= 0.3 is 12.1 Å². The molecule has 240 valence electrons. The van der Waals surface area contributed by atoms with Crippen molar-refractivity contribution in [1.29, 1.82) is 0 Å². The van der Waals surface area contributed by atoms with Crippen molar-refractivity contribution in [3.05, 3.63) is 35.9 Å². The number of nitrogens with zero attached hydrogens (tertiary/aromatic N) is 6. The molecule has 0 radical (unpaired) electrons. The fraction of sp³-hybridized carbons (Fsp3) is 0.516. The van der Waals surface area contributed by atoms with Gasteiger partial charge in [-0.2, -0.15) is 15.1 Å². The molecular formula is C31H37F3N8O3. The molecule has 14 heteroatoms. The lowest BCUT2D eigenvalue weighted by Crippen LogP contribution is -2.57. The monoisotopic (exact) mass is 626 g/mol. The van der Waals surface area contributed by atoms with Crippen molar-refractivity contribution in [1.82, 2.24) is 35.4 Å². The SMILES string of the molecule is CCOC(=O)N[C@]1(C)CCCN(c2nc(OC)nc3c(F)c(-c4cc(C)cc5[nH]ncc45)ncc23)C1.FC1(F)CC2CCN2C1. The number of carbonyl (C=O) groups excluding carboxylic acids is 1. The lowest BCUT2D eigenvalue weighted by Gasteiger charge is -2.41. The first kappa shape index (κ1) is 30.8. The zero-order chi connectivity index (χ0) is 31.9. The summed E-state index contributed by atoms with van der Waals surface area (Å²) in [6.07, 6.45) is 5.45. The predicted octanol–water partition coefficient (Wildman–Crippen LogP) is 5.23. The number of aryl methyl sites for hydroxylation is 1. The number of alkyl halides is 2. The molecule has 45 heavy (non-hydrogen) atoms. The van der Waals surface area contributed by atoms with Gasteiger partial charge in [0.25, 0.3) is 5.92 Å². The minimum atomic E-state index is -2.37. The number of nitrogens with one attached hydrogen (secondary N) is 2. The molecule has 3 fully saturated rings. The summed E-state index contributed by atoms with van der Waals surface area (Å²) in [5, 5.41) is 11.2. The van der Waals surface area contributed by atoms with Crippen LogP contribution in [0.1, 0.15) is 45.1 Å². The van der Waals surface area contributed by atoms with Crippen LogP contribution in [-0.2, 0) is 4.74 Å². The number of rotatable bonds is 5. The molecule has 0 bridgehead atoms. The number of ether oxygens (including phenoxy) is 2. The zero-order valence-electron chi connectivity index (χ0n) is 25.8. The molecule has 3 aliphatic heterocycles. The van der Waals surface area contributed by atoms with Gasteiger partial charge in [-0.1, -0.05) is 0 Å². The summed E-state index contributed by atoms with van der Waals surface area (Å²) in [5.74, 6) is -2.43. The van der Waals surface area contributed by atoms with E-state index in [1.807, 2.05) is 35.8 Å². The first-order valence-corrected chi connectivity index (χ1v) is 15.2. The van der Waals surface area contributed by atoms with E-state index in [2.05, 4.69) is 30.5 Å². The van der Waals surface area contributed by atoms with Crippen LogP contribution in [0.2, 0.25) is 0 Å². The third-order valence-electron chi connectivity index (χ3n) is 8.69. The maximum atomic E-state index is 16.1. The van der Waals surface area contributed by atoms with E-state index in [0.717, 1.165) is 42.3 Å². The Morgan fingerprint density at radius 2 is 2.00 bits per heavy atom. The summed E-state index contributed by atoms with van der Waals surface area (Å²) < 4.78 is 51.4. The smallest absolute Gasteiger partial charge is 0.407 e. The molecule has 0 aliphatic carbocycles. The third-order valence-corrected chi connectivity index (χ3v) is 8.69. The number of piperidine rings is 1. The Balaban J connectivity index is 0.000000337. The van der Waals surface area contributed by atoms with Crippen LogP contribution in [-0.4, -0.2) is 93.5 Å². The van der Waals surface area contributed by atoms with Crippen molar-refractivity contribution in [2.75, 3.05) is 44.8 Å². The van der Waals surface area contributed by atoms with Gasteiger partial charge in [0, 0.05) is 49.2 Å². The minimum Gasteiger partial charge on any atom is -0.467 e. The number of amides is 1. The highest BCUT2D eigenvalue weighted by molar-refractivity contribution is 5.98. The summed E-state index contributed by atoms with van der Waals surface area (Å²) in [5.41, 5.74) is 2.12. The number of aromatic nitrogens is 5. The standard InChI is InChI=1S/C25H28FN7O3.C6H9F2N/c1-5-36-24(34)31-25(3)7-6-8-33(13-25)22-17-11-27-20(19(26)21(17)29-23(30-22)35-4)15-9-14(2)10-18-16(15)12-28-32-18;7-6(8)3-5-1-2-9(5)4-6/h9-12H,5-8,13H2,1-4H3,(H,28,32)(H,31,34);5H,1-4H2/t25-;/m1./s1. The normalized spacial score (nSPS) is 22.4. The Morgan fingerprint density at radius 1 is 1.18 bits per heavy atom. The number of alkyl carbamates (subject to hydrolysis) is 1. The zero-order valence-corrected chi connectivity index (χ0v) is 25.8. The molecule has 3 saturated heterocycles. The Hall–Kier alpha value is -4.20. The van der Waals surface area contributed by atoms with Crippen LogP contribution in [0, 0.1) is 12.7 Å². The Labute approximate surface area is 258 Å². The third kappa shape index (κ3) is 6.20. The topological polar surface area (TPSA) is 121 Å². The van der Waals surface area contributed by atoms with E-state index in [9.17, 15) is 13.6 Å². The summed E-state index contributed by atoms with van der Waals surface area (Å²) >= 11 is 0. The molecule has 3 aromatic heterocycles. The molecule has 0 spiro atoms. The molecular weight excluding hydrogens is 589 g/mol. The highest BCUT2D eigenvalue weighted by Gasteiger charge is 2.48. The van der Waals surface area contributed by atoms with E-state index in [-0.39, 0.29) is 36.2 Å². The fourth-order valence-corrected chi connectivity index (χ4v) is 6.51. The molecule has 1 unspecified atom stereocenters. The maximum Gasteiger partial charge on any atom is 0.407 e. The summed E-state index contributed by atoms with van der Waals surface area (Å²) in [6.45, 7) is 7.98. The van der Waals surface area contributed by atoms with Gasteiger partial charge in [0.2, 0.25) is 0 Å². The first-order chi connectivity index (χ1) is 21.5. The average molecular weight is 627 g/mol. The van der Waals surface area contributed by atoms with E-state index >= 15 is 4.39 Å². The van der Waals surface area contributed by atoms with Gasteiger partial charge in [-0.3, -0.25) is 15.0 Å². The number of benzene rings is 1. The van der Waals surface area contributed by atoms with E-state index in [4.69, 9.17) is 9.47 Å².